The van der Waals surface area contributed by atoms with E-state index in [2.05, 4.69) is 25.1 Å². The van der Waals surface area contributed by atoms with E-state index < -0.39 is 5.97 Å². The van der Waals surface area contributed by atoms with Gasteiger partial charge in [0.2, 0.25) is 11.9 Å². The zero-order valence-electron chi connectivity index (χ0n) is 14.3. The van der Waals surface area contributed by atoms with Crippen molar-refractivity contribution in [2.75, 3.05) is 24.7 Å². The Labute approximate surface area is 148 Å². The summed E-state index contributed by atoms with van der Waals surface area (Å²) in [4.78, 5) is 37.7. The third-order valence-corrected chi connectivity index (χ3v) is 3.54. The van der Waals surface area contributed by atoms with Gasteiger partial charge in [0, 0.05) is 19.5 Å². The molecule has 1 aromatic carbocycles. The number of nitrogens with one attached hydrogen (secondary N) is 1. The number of aromatic nitrogens is 5. The van der Waals surface area contributed by atoms with Crippen LogP contribution in [0.5, 0.6) is 0 Å². The van der Waals surface area contributed by atoms with Crippen LogP contribution in [0.1, 0.15) is 11.5 Å². The number of nitrogens with two attached hydrogens (primary N) is 1. The Bertz CT molecular complexity index is 1020. The van der Waals surface area contributed by atoms with Crippen molar-refractivity contribution in [3.8, 4) is 0 Å². The monoisotopic (exact) mass is 355 g/mol. The zero-order valence-corrected chi connectivity index (χ0v) is 14.3. The van der Waals surface area contributed by atoms with Crippen LogP contribution in [0.15, 0.2) is 29.1 Å². The molecule has 0 aliphatic carbocycles. The first-order chi connectivity index (χ1) is 12.4. The normalized spacial score (nSPS) is 10.7. The van der Waals surface area contributed by atoms with E-state index in [4.69, 9.17) is 10.5 Å². The molecule has 0 unspecified atom stereocenters. The highest BCUT2D eigenvalue weighted by Crippen LogP contribution is 2.13. The van der Waals surface area contributed by atoms with Crippen LogP contribution in [0.2, 0.25) is 0 Å². The Morgan fingerprint density at radius 1 is 1.19 bits per heavy atom. The largest absolute Gasteiger partial charge is 0.457 e. The highest BCUT2D eigenvalue weighted by molar-refractivity contribution is 5.86. The van der Waals surface area contributed by atoms with Gasteiger partial charge in [-0.2, -0.15) is 20.1 Å². The first kappa shape index (κ1) is 17.3. The molecule has 134 valence electrons. The van der Waals surface area contributed by atoms with E-state index in [1.807, 2.05) is 0 Å². The van der Waals surface area contributed by atoms with E-state index in [-0.39, 0.29) is 30.4 Å². The smallest absolute Gasteiger partial charge is 0.312 e. The topological polar surface area (TPSA) is 140 Å². The highest BCUT2D eigenvalue weighted by atomic mass is 16.5. The summed E-state index contributed by atoms with van der Waals surface area (Å²) < 4.78 is 5.20. The number of rotatable bonds is 5. The molecular formula is C16H17N7O3. The number of benzene rings is 1. The number of H-pyrrole nitrogens is 1. The molecule has 0 bridgehead atoms. The molecule has 10 nitrogen and oxygen atoms in total. The lowest BCUT2D eigenvalue weighted by molar-refractivity contribution is -0.144. The van der Waals surface area contributed by atoms with Crippen molar-refractivity contribution in [2.24, 2.45) is 0 Å². The van der Waals surface area contributed by atoms with E-state index in [0.717, 1.165) is 0 Å². The fourth-order valence-corrected chi connectivity index (χ4v) is 2.33. The van der Waals surface area contributed by atoms with Crippen molar-refractivity contribution in [1.29, 1.82) is 0 Å². The quantitative estimate of drug-likeness (QED) is 0.607. The summed E-state index contributed by atoms with van der Waals surface area (Å²) in [5.41, 5.74) is 5.75. The molecule has 0 aliphatic heterocycles. The third kappa shape index (κ3) is 3.74. The van der Waals surface area contributed by atoms with Gasteiger partial charge in [0.1, 0.15) is 0 Å². The van der Waals surface area contributed by atoms with E-state index >= 15 is 0 Å². The average Bonchev–Trinajstić information content (AvgIpc) is 2.62. The molecule has 3 N–H and O–H groups in total. The Hall–Kier alpha value is -3.56. The number of esters is 1. The van der Waals surface area contributed by atoms with Gasteiger partial charge >= 0.3 is 5.97 Å². The minimum atomic E-state index is -0.528. The molecule has 10 heteroatoms. The predicted molar refractivity (Wildman–Crippen MR) is 94.4 cm³/mol. The summed E-state index contributed by atoms with van der Waals surface area (Å²) in [6.45, 7) is -0.145. The molecule has 0 fully saturated rings. The van der Waals surface area contributed by atoms with Crippen LogP contribution >= 0.6 is 0 Å². The second kappa shape index (κ2) is 7.13. The molecule has 2 heterocycles. The predicted octanol–water partition coefficient (Wildman–Crippen LogP) is 0.0422. The van der Waals surface area contributed by atoms with Gasteiger partial charge in [-0.15, -0.1) is 0 Å². The number of hydrogen-bond acceptors (Lipinski definition) is 9. The number of nitrogen functional groups attached to an aromatic ring is 1. The van der Waals surface area contributed by atoms with Gasteiger partial charge in [0.05, 0.1) is 17.5 Å². The third-order valence-electron chi connectivity index (χ3n) is 3.54. The van der Waals surface area contributed by atoms with Gasteiger partial charge in [-0.3, -0.25) is 9.59 Å². The van der Waals surface area contributed by atoms with Crippen LogP contribution in [-0.4, -0.2) is 45.2 Å². The maximum atomic E-state index is 12.2. The first-order valence-corrected chi connectivity index (χ1v) is 7.73. The van der Waals surface area contributed by atoms with Gasteiger partial charge < -0.3 is 15.4 Å². The number of carbonyl (C=O) groups excluding carboxylic acids is 1. The van der Waals surface area contributed by atoms with E-state index in [9.17, 15) is 9.59 Å². The lowest BCUT2D eigenvalue weighted by Crippen LogP contribution is -2.18. The van der Waals surface area contributed by atoms with Crippen LogP contribution in [-0.2, 0) is 22.6 Å². The van der Waals surface area contributed by atoms with Crippen molar-refractivity contribution < 1.29 is 9.53 Å². The number of fused-ring (bicyclic) bond motifs is 1. The molecule has 0 radical (unpaired) electrons. The number of hydrogen-bond donors (Lipinski definition) is 2. The molecule has 0 spiro atoms. The molecule has 0 atom stereocenters. The molecule has 3 aromatic rings. The SMILES string of the molecule is CN(C)c1nc(N)nc(COC(=O)Cc2n[nH]c(=O)c3ccccc23)n1. The summed E-state index contributed by atoms with van der Waals surface area (Å²) >= 11 is 0. The fraction of sp³-hybridized carbons (Fsp3) is 0.250. The van der Waals surface area contributed by atoms with Crippen LogP contribution in [0.25, 0.3) is 10.8 Å². The highest BCUT2D eigenvalue weighted by Gasteiger charge is 2.13. The molecule has 26 heavy (non-hydrogen) atoms. The number of anilines is 2. The molecule has 3 rings (SSSR count). The Morgan fingerprint density at radius 3 is 2.65 bits per heavy atom. The van der Waals surface area contributed by atoms with Gasteiger partial charge in [0.15, 0.2) is 12.4 Å². The van der Waals surface area contributed by atoms with Gasteiger partial charge in [-0.1, -0.05) is 18.2 Å². The van der Waals surface area contributed by atoms with Gasteiger partial charge in [0.25, 0.3) is 5.56 Å². The number of nitrogens with zero attached hydrogens (tertiary/aromatic N) is 5. The first-order valence-electron chi connectivity index (χ1n) is 7.73. The maximum Gasteiger partial charge on any atom is 0.312 e. The number of aromatic amines is 1. The van der Waals surface area contributed by atoms with Gasteiger partial charge in [-0.25, -0.2) is 5.10 Å². The Balaban J connectivity index is 1.73. The Morgan fingerprint density at radius 2 is 1.92 bits per heavy atom. The van der Waals surface area contributed by atoms with Crippen LogP contribution < -0.4 is 16.2 Å². The molecule has 2 aromatic heterocycles. The lowest BCUT2D eigenvalue weighted by Gasteiger charge is -2.11. The minimum Gasteiger partial charge on any atom is -0.457 e. The van der Waals surface area contributed by atoms with Crippen molar-refractivity contribution in [2.45, 2.75) is 13.0 Å². The van der Waals surface area contributed by atoms with Crippen molar-refractivity contribution in [3.63, 3.8) is 0 Å². The van der Waals surface area contributed by atoms with E-state index in [1.165, 1.54) is 0 Å². The average molecular weight is 355 g/mol. The molecule has 0 aliphatic rings. The summed E-state index contributed by atoms with van der Waals surface area (Å²) in [5, 5.41) is 7.40. The second-order valence-electron chi connectivity index (χ2n) is 5.69. The molecule has 0 saturated heterocycles. The molecular weight excluding hydrogens is 338 g/mol. The van der Waals surface area contributed by atoms with Crippen LogP contribution in [0.3, 0.4) is 0 Å². The van der Waals surface area contributed by atoms with E-state index in [0.29, 0.717) is 22.4 Å². The van der Waals surface area contributed by atoms with E-state index in [1.54, 1.807) is 43.3 Å². The summed E-state index contributed by atoms with van der Waals surface area (Å²) in [5.74, 6) is 0.133. The standard InChI is InChI=1S/C16H17N7O3/c1-23(2)16-19-12(18-15(17)20-16)8-26-13(24)7-11-9-5-3-4-6-10(9)14(25)22-21-11/h3-6H,7-8H2,1-2H3,(H,22,25)(H2,17,18,19,20). The summed E-state index contributed by atoms with van der Waals surface area (Å²) in [6, 6.07) is 6.92. The van der Waals surface area contributed by atoms with Crippen molar-refractivity contribution in [3.05, 3.63) is 46.1 Å². The van der Waals surface area contributed by atoms with Gasteiger partial charge in [-0.05, 0) is 6.07 Å². The number of carbonyl (C=O) groups is 1. The minimum absolute atomic E-state index is 0.0445. The fourth-order valence-electron chi connectivity index (χ4n) is 2.33. The van der Waals surface area contributed by atoms with Crippen molar-refractivity contribution >= 4 is 28.6 Å². The lowest BCUT2D eigenvalue weighted by atomic mass is 10.1. The van der Waals surface area contributed by atoms with Crippen molar-refractivity contribution in [1.82, 2.24) is 25.1 Å². The molecule has 0 amide bonds. The van der Waals surface area contributed by atoms with Crippen LogP contribution in [0, 0.1) is 0 Å². The zero-order chi connectivity index (χ0) is 18.7. The maximum absolute atomic E-state index is 12.2. The van der Waals surface area contributed by atoms with Crippen LogP contribution in [0.4, 0.5) is 11.9 Å². The number of ether oxygens (including phenoxy) is 1. The second-order valence-corrected chi connectivity index (χ2v) is 5.69. The summed E-state index contributed by atoms with van der Waals surface area (Å²) in [6.07, 6.45) is -0.0988. The Kier molecular flexibility index (Phi) is 4.74. The summed E-state index contributed by atoms with van der Waals surface area (Å²) in [7, 11) is 3.52. The molecule has 0 saturated carbocycles.